The average molecular weight is 476 g/mol. The Morgan fingerprint density at radius 1 is 0.941 bits per heavy atom. The third kappa shape index (κ3) is 5.76. The van der Waals surface area contributed by atoms with Gasteiger partial charge in [-0.1, -0.05) is 61.9 Å². The van der Waals surface area contributed by atoms with Gasteiger partial charge in [0.05, 0.1) is 18.6 Å². The minimum atomic E-state index is -3.61. The Morgan fingerprint density at radius 2 is 1.56 bits per heavy atom. The molecule has 1 unspecified atom stereocenters. The van der Waals surface area contributed by atoms with Gasteiger partial charge in [0.25, 0.3) is 6.43 Å². The molecule has 0 aromatic heterocycles. The maximum atomic E-state index is 14.5. The van der Waals surface area contributed by atoms with E-state index in [1.807, 2.05) is 24.3 Å². The van der Waals surface area contributed by atoms with Crippen molar-refractivity contribution in [3.8, 4) is 16.9 Å². The number of hydrogen-bond donors (Lipinski definition) is 0. The normalized spacial score (nSPS) is 15.6. The lowest BCUT2D eigenvalue weighted by Crippen LogP contribution is -2.25. The van der Waals surface area contributed by atoms with Crippen LogP contribution in [-0.4, -0.2) is 12.7 Å². The van der Waals surface area contributed by atoms with Gasteiger partial charge in [0.15, 0.2) is 0 Å². The zero-order valence-electron chi connectivity index (χ0n) is 18.7. The molecule has 1 aliphatic rings. The van der Waals surface area contributed by atoms with E-state index in [1.165, 1.54) is 29.8 Å². The molecule has 1 saturated heterocycles. The first-order chi connectivity index (χ1) is 16.3. The van der Waals surface area contributed by atoms with Crippen LogP contribution >= 0.6 is 0 Å². The Kier molecular flexibility index (Phi) is 7.22. The highest BCUT2D eigenvalue weighted by molar-refractivity contribution is 5.64. The molecule has 0 amide bonds. The van der Waals surface area contributed by atoms with Crippen LogP contribution < -0.4 is 4.74 Å². The largest absolute Gasteiger partial charge is 0.433 e. The molecule has 180 valence electrons. The molecule has 1 heterocycles. The lowest BCUT2D eigenvalue weighted by atomic mass is 9.98. The highest BCUT2D eigenvalue weighted by Gasteiger charge is 2.35. The van der Waals surface area contributed by atoms with Crippen molar-refractivity contribution in [3.63, 3.8) is 0 Å². The fraction of sp³-hybridized carbons (Fsp3) is 0.333. The smallest absolute Gasteiger partial charge is 0.398 e. The molecule has 1 atom stereocenters. The van der Waals surface area contributed by atoms with Crippen molar-refractivity contribution in [1.29, 1.82) is 0 Å². The van der Waals surface area contributed by atoms with Crippen molar-refractivity contribution in [2.45, 2.75) is 51.2 Å². The Bertz CT molecular complexity index is 1110. The summed E-state index contributed by atoms with van der Waals surface area (Å²) in [7, 11) is 0. The number of rotatable bonds is 10. The van der Waals surface area contributed by atoms with E-state index in [2.05, 4.69) is 6.92 Å². The van der Waals surface area contributed by atoms with Crippen LogP contribution in [0.2, 0.25) is 0 Å². The SMILES string of the molecule is CCCc1ccc(-c2ccc(OC(F)(F)CCc3ccc(C4CO4)c(F)c3C(F)F)cc2)cc1. The van der Waals surface area contributed by atoms with Crippen LogP contribution in [0.25, 0.3) is 11.1 Å². The fourth-order valence-corrected chi connectivity index (χ4v) is 3.95. The van der Waals surface area contributed by atoms with Crippen molar-refractivity contribution >= 4 is 0 Å². The number of aryl methyl sites for hydroxylation is 2. The minimum Gasteiger partial charge on any atom is -0.433 e. The van der Waals surface area contributed by atoms with Crippen LogP contribution in [0.15, 0.2) is 60.7 Å². The zero-order valence-corrected chi connectivity index (χ0v) is 18.7. The number of epoxide rings is 1. The van der Waals surface area contributed by atoms with Gasteiger partial charge in [0.2, 0.25) is 0 Å². The van der Waals surface area contributed by atoms with Crippen molar-refractivity contribution in [3.05, 3.63) is 88.7 Å². The van der Waals surface area contributed by atoms with Crippen LogP contribution in [0.4, 0.5) is 22.0 Å². The monoisotopic (exact) mass is 476 g/mol. The van der Waals surface area contributed by atoms with Crippen molar-refractivity contribution < 1.29 is 31.4 Å². The van der Waals surface area contributed by atoms with Gasteiger partial charge in [0.1, 0.15) is 17.7 Å². The van der Waals surface area contributed by atoms with Crippen LogP contribution in [0.3, 0.4) is 0 Å². The second-order valence-electron chi connectivity index (χ2n) is 8.37. The van der Waals surface area contributed by atoms with Gasteiger partial charge in [-0.3, -0.25) is 0 Å². The Morgan fingerprint density at radius 3 is 2.12 bits per heavy atom. The van der Waals surface area contributed by atoms with E-state index < -0.39 is 42.9 Å². The van der Waals surface area contributed by atoms with Gasteiger partial charge in [-0.2, -0.15) is 8.78 Å². The summed E-state index contributed by atoms with van der Waals surface area (Å²) in [5, 5.41) is 0. The molecule has 4 rings (SSSR count). The molecule has 3 aromatic rings. The molecule has 0 aliphatic carbocycles. The number of benzene rings is 3. The van der Waals surface area contributed by atoms with Crippen molar-refractivity contribution in [2.75, 3.05) is 6.61 Å². The number of alkyl halides is 4. The van der Waals surface area contributed by atoms with Crippen LogP contribution in [0.1, 0.15) is 54.5 Å². The highest BCUT2D eigenvalue weighted by atomic mass is 19.3. The molecule has 0 spiro atoms. The fourth-order valence-electron chi connectivity index (χ4n) is 3.95. The summed E-state index contributed by atoms with van der Waals surface area (Å²) in [6.45, 7) is 2.37. The molecular weight excluding hydrogens is 451 g/mol. The van der Waals surface area contributed by atoms with E-state index in [0.717, 1.165) is 24.0 Å². The maximum absolute atomic E-state index is 14.5. The molecule has 1 fully saturated rings. The first-order valence-corrected chi connectivity index (χ1v) is 11.2. The molecule has 1 aliphatic heterocycles. The summed E-state index contributed by atoms with van der Waals surface area (Å²) in [4.78, 5) is 0. The summed E-state index contributed by atoms with van der Waals surface area (Å²) in [6, 6.07) is 16.9. The summed E-state index contributed by atoms with van der Waals surface area (Å²) in [5.74, 6) is -1.13. The molecule has 3 aromatic carbocycles. The predicted molar refractivity (Wildman–Crippen MR) is 120 cm³/mol. The molecule has 0 N–H and O–H groups in total. The number of halogens is 5. The van der Waals surface area contributed by atoms with Gasteiger partial charge in [-0.15, -0.1) is 0 Å². The van der Waals surface area contributed by atoms with E-state index in [1.54, 1.807) is 12.1 Å². The van der Waals surface area contributed by atoms with E-state index in [0.29, 0.717) is 0 Å². The molecule has 34 heavy (non-hydrogen) atoms. The Labute approximate surface area is 195 Å². The molecular formula is C27H25F5O2. The minimum absolute atomic E-state index is 0.0298. The summed E-state index contributed by atoms with van der Waals surface area (Å²) >= 11 is 0. The van der Waals surface area contributed by atoms with E-state index in [-0.39, 0.29) is 23.5 Å². The van der Waals surface area contributed by atoms with Gasteiger partial charge in [0, 0.05) is 5.56 Å². The van der Waals surface area contributed by atoms with Gasteiger partial charge < -0.3 is 9.47 Å². The van der Waals surface area contributed by atoms with Crippen LogP contribution in [-0.2, 0) is 17.6 Å². The molecule has 7 heteroatoms. The average Bonchev–Trinajstić information content (AvgIpc) is 3.64. The van der Waals surface area contributed by atoms with Crippen molar-refractivity contribution in [1.82, 2.24) is 0 Å². The molecule has 2 nitrogen and oxygen atoms in total. The Balaban J connectivity index is 1.41. The zero-order chi connectivity index (χ0) is 24.3. The molecule has 0 saturated carbocycles. The second kappa shape index (κ2) is 10.1. The predicted octanol–water partition coefficient (Wildman–Crippen LogP) is 8.06. The van der Waals surface area contributed by atoms with E-state index in [4.69, 9.17) is 9.47 Å². The lowest BCUT2D eigenvalue weighted by molar-refractivity contribution is -0.180. The molecule has 0 bridgehead atoms. The highest BCUT2D eigenvalue weighted by Crippen LogP contribution is 2.38. The third-order valence-corrected chi connectivity index (χ3v) is 5.83. The van der Waals surface area contributed by atoms with E-state index >= 15 is 0 Å². The number of ether oxygens (including phenoxy) is 2. The van der Waals surface area contributed by atoms with Gasteiger partial charge >= 0.3 is 6.11 Å². The van der Waals surface area contributed by atoms with Gasteiger partial charge in [-0.25, -0.2) is 13.2 Å². The topological polar surface area (TPSA) is 21.8 Å². The third-order valence-electron chi connectivity index (χ3n) is 5.83. The standard InChI is InChI=1S/C27H25F5O2/c1-2-3-17-4-6-18(7-5-17)19-8-11-21(12-9-19)34-27(31,32)15-14-20-10-13-22(23-16-33-23)25(28)24(20)26(29)30/h4-13,23,26H,2-3,14-16H2,1H3. The number of hydrogen-bond acceptors (Lipinski definition) is 2. The second-order valence-corrected chi connectivity index (χ2v) is 8.37. The van der Waals surface area contributed by atoms with Crippen LogP contribution in [0.5, 0.6) is 5.75 Å². The van der Waals surface area contributed by atoms with E-state index in [9.17, 15) is 22.0 Å². The van der Waals surface area contributed by atoms with Crippen molar-refractivity contribution in [2.24, 2.45) is 0 Å². The lowest BCUT2D eigenvalue weighted by Gasteiger charge is -2.19. The quantitative estimate of drug-likeness (QED) is 0.218. The summed E-state index contributed by atoms with van der Waals surface area (Å²) in [5.41, 5.74) is 2.06. The maximum Gasteiger partial charge on any atom is 0.398 e. The Hall–Kier alpha value is -2.93. The first kappa shape index (κ1) is 24.2. The summed E-state index contributed by atoms with van der Waals surface area (Å²) in [6.07, 6.45) is -6.56. The summed E-state index contributed by atoms with van der Waals surface area (Å²) < 4.78 is 80.1. The van der Waals surface area contributed by atoms with Gasteiger partial charge in [-0.05, 0) is 47.2 Å². The molecule has 0 radical (unpaired) electrons. The van der Waals surface area contributed by atoms with Crippen LogP contribution in [0, 0.1) is 5.82 Å². The first-order valence-electron chi connectivity index (χ1n) is 11.2.